The molecule has 0 radical (unpaired) electrons. The predicted octanol–water partition coefficient (Wildman–Crippen LogP) is 1.36. The third kappa shape index (κ3) is 3.27. The topological polar surface area (TPSA) is 62.2 Å². The third-order valence-electron chi connectivity index (χ3n) is 3.34. The lowest BCUT2D eigenvalue weighted by molar-refractivity contribution is 0.0909. The number of carbonyl (C=O) groups is 1. The minimum absolute atomic E-state index is 0.0990. The quantitative estimate of drug-likeness (QED) is 0.830. The Morgan fingerprint density at radius 1 is 1.35 bits per heavy atom. The van der Waals surface area contributed by atoms with Crippen LogP contribution in [-0.2, 0) is 0 Å². The lowest BCUT2D eigenvalue weighted by Crippen LogP contribution is -2.38. The SMILES string of the molecule is O=C(NC1CCC(CO)CC1)c1ccccn1. The fraction of sp³-hybridized carbons (Fsp3) is 0.538. The molecule has 92 valence electrons. The van der Waals surface area contributed by atoms with Crippen molar-refractivity contribution in [2.24, 2.45) is 5.92 Å². The standard InChI is InChI=1S/C13H18N2O2/c16-9-10-4-6-11(7-5-10)15-13(17)12-3-1-2-8-14-12/h1-3,8,10-11,16H,4-7,9H2,(H,15,17). The second-order valence-electron chi connectivity index (χ2n) is 4.59. The molecule has 1 heterocycles. The third-order valence-corrected chi connectivity index (χ3v) is 3.34. The molecule has 0 bridgehead atoms. The van der Waals surface area contributed by atoms with Crippen LogP contribution in [0.2, 0.25) is 0 Å². The summed E-state index contributed by atoms with van der Waals surface area (Å²) in [6.45, 7) is 0.265. The molecule has 0 atom stereocenters. The molecule has 1 aromatic rings. The molecule has 1 aromatic heterocycles. The Labute approximate surface area is 101 Å². The van der Waals surface area contributed by atoms with Crippen molar-refractivity contribution in [3.63, 3.8) is 0 Å². The first-order valence-corrected chi connectivity index (χ1v) is 6.12. The maximum absolute atomic E-state index is 11.8. The minimum atomic E-state index is -0.0990. The zero-order valence-electron chi connectivity index (χ0n) is 9.80. The van der Waals surface area contributed by atoms with Gasteiger partial charge in [0.1, 0.15) is 5.69 Å². The van der Waals surface area contributed by atoms with E-state index >= 15 is 0 Å². The Hall–Kier alpha value is -1.42. The second kappa shape index (κ2) is 5.77. The molecule has 0 aromatic carbocycles. The number of carbonyl (C=O) groups excluding carboxylic acids is 1. The molecule has 0 aliphatic heterocycles. The van der Waals surface area contributed by atoms with Crippen LogP contribution < -0.4 is 5.32 Å². The number of hydrogen-bond donors (Lipinski definition) is 2. The first-order chi connectivity index (χ1) is 8.29. The number of hydrogen-bond acceptors (Lipinski definition) is 3. The van der Waals surface area contributed by atoms with Crippen LogP contribution in [0.1, 0.15) is 36.2 Å². The summed E-state index contributed by atoms with van der Waals surface area (Å²) < 4.78 is 0. The van der Waals surface area contributed by atoms with Crippen LogP contribution in [0.4, 0.5) is 0 Å². The molecule has 1 saturated carbocycles. The summed E-state index contributed by atoms with van der Waals surface area (Å²) in [7, 11) is 0. The maximum atomic E-state index is 11.8. The zero-order valence-corrected chi connectivity index (χ0v) is 9.80. The molecule has 17 heavy (non-hydrogen) atoms. The van der Waals surface area contributed by atoms with Crippen LogP contribution in [0.25, 0.3) is 0 Å². The van der Waals surface area contributed by atoms with Gasteiger partial charge in [-0.2, -0.15) is 0 Å². The van der Waals surface area contributed by atoms with Crippen molar-refractivity contribution < 1.29 is 9.90 Å². The molecule has 1 amide bonds. The van der Waals surface area contributed by atoms with Gasteiger partial charge in [-0.05, 0) is 43.7 Å². The van der Waals surface area contributed by atoms with Crippen molar-refractivity contribution in [3.8, 4) is 0 Å². The van der Waals surface area contributed by atoms with Crippen LogP contribution in [0.5, 0.6) is 0 Å². The molecular weight excluding hydrogens is 216 g/mol. The van der Waals surface area contributed by atoms with Gasteiger partial charge in [0.05, 0.1) is 0 Å². The van der Waals surface area contributed by atoms with Crippen LogP contribution in [0.3, 0.4) is 0 Å². The Morgan fingerprint density at radius 3 is 2.71 bits per heavy atom. The highest BCUT2D eigenvalue weighted by atomic mass is 16.3. The molecule has 1 aliphatic carbocycles. The van der Waals surface area contributed by atoms with Crippen molar-refractivity contribution >= 4 is 5.91 Å². The monoisotopic (exact) mass is 234 g/mol. The summed E-state index contributed by atoms with van der Waals surface area (Å²) in [4.78, 5) is 15.9. The summed E-state index contributed by atoms with van der Waals surface area (Å²) in [5, 5.41) is 12.0. The maximum Gasteiger partial charge on any atom is 0.270 e. The Morgan fingerprint density at radius 2 is 2.12 bits per heavy atom. The molecule has 0 unspecified atom stereocenters. The van der Waals surface area contributed by atoms with Gasteiger partial charge in [-0.3, -0.25) is 9.78 Å². The van der Waals surface area contributed by atoms with E-state index in [1.54, 1.807) is 18.3 Å². The molecule has 4 heteroatoms. The summed E-state index contributed by atoms with van der Waals surface area (Å²) in [6.07, 6.45) is 5.50. The Bertz CT molecular complexity index is 359. The number of amides is 1. The van der Waals surface area contributed by atoms with Crippen molar-refractivity contribution in [2.45, 2.75) is 31.7 Å². The minimum Gasteiger partial charge on any atom is -0.396 e. The van der Waals surface area contributed by atoms with E-state index in [1.807, 2.05) is 6.07 Å². The van der Waals surface area contributed by atoms with Gasteiger partial charge in [-0.1, -0.05) is 6.07 Å². The largest absolute Gasteiger partial charge is 0.396 e. The number of aliphatic hydroxyl groups excluding tert-OH is 1. The van der Waals surface area contributed by atoms with Crippen molar-refractivity contribution in [1.29, 1.82) is 0 Å². The van der Waals surface area contributed by atoms with Crippen LogP contribution in [0, 0.1) is 5.92 Å². The van der Waals surface area contributed by atoms with Gasteiger partial charge in [0, 0.05) is 18.8 Å². The summed E-state index contributed by atoms with van der Waals surface area (Å²) in [5.41, 5.74) is 0.469. The van der Waals surface area contributed by atoms with E-state index in [2.05, 4.69) is 10.3 Å². The number of rotatable bonds is 3. The normalized spacial score (nSPS) is 24.3. The average molecular weight is 234 g/mol. The summed E-state index contributed by atoms with van der Waals surface area (Å²) in [6, 6.07) is 5.55. The number of aliphatic hydroxyl groups is 1. The van der Waals surface area contributed by atoms with Crippen molar-refractivity contribution in [1.82, 2.24) is 10.3 Å². The molecule has 4 nitrogen and oxygen atoms in total. The zero-order chi connectivity index (χ0) is 12.1. The highest BCUT2D eigenvalue weighted by Crippen LogP contribution is 2.23. The van der Waals surface area contributed by atoms with E-state index in [4.69, 9.17) is 5.11 Å². The lowest BCUT2D eigenvalue weighted by Gasteiger charge is -2.27. The van der Waals surface area contributed by atoms with Crippen molar-refractivity contribution in [3.05, 3.63) is 30.1 Å². The van der Waals surface area contributed by atoms with E-state index < -0.39 is 0 Å². The van der Waals surface area contributed by atoms with E-state index in [0.717, 1.165) is 25.7 Å². The van der Waals surface area contributed by atoms with Gasteiger partial charge in [0.2, 0.25) is 0 Å². The highest BCUT2D eigenvalue weighted by molar-refractivity contribution is 5.92. The van der Waals surface area contributed by atoms with E-state index in [1.165, 1.54) is 0 Å². The van der Waals surface area contributed by atoms with Gasteiger partial charge in [-0.15, -0.1) is 0 Å². The van der Waals surface area contributed by atoms with Crippen LogP contribution in [-0.4, -0.2) is 28.6 Å². The number of nitrogens with zero attached hydrogens (tertiary/aromatic N) is 1. The van der Waals surface area contributed by atoms with Crippen LogP contribution >= 0.6 is 0 Å². The van der Waals surface area contributed by atoms with E-state index in [0.29, 0.717) is 11.6 Å². The predicted molar refractivity (Wildman–Crippen MR) is 64.5 cm³/mol. The number of nitrogens with one attached hydrogen (secondary N) is 1. The van der Waals surface area contributed by atoms with Gasteiger partial charge in [-0.25, -0.2) is 0 Å². The van der Waals surface area contributed by atoms with E-state index in [-0.39, 0.29) is 18.6 Å². The van der Waals surface area contributed by atoms with Gasteiger partial charge in [0.25, 0.3) is 5.91 Å². The molecular formula is C13H18N2O2. The number of aromatic nitrogens is 1. The van der Waals surface area contributed by atoms with Crippen LogP contribution in [0.15, 0.2) is 24.4 Å². The fourth-order valence-electron chi connectivity index (χ4n) is 2.25. The second-order valence-corrected chi connectivity index (χ2v) is 4.59. The number of pyridine rings is 1. The molecule has 0 saturated heterocycles. The molecule has 1 aliphatic rings. The molecule has 2 rings (SSSR count). The first-order valence-electron chi connectivity index (χ1n) is 6.12. The van der Waals surface area contributed by atoms with E-state index in [9.17, 15) is 4.79 Å². The average Bonchev–Trinajstić information content (AvgIpc) is 2.40. The fourth-order valence-corrected chi connectivity index (χ4v) is 2.25. The van der Waals surface area contributed by atoms with Crippen molar-refractivity contribution in [2.75, 3.05) is 6.61 Å². The Kier molecular flexibility index (Phi) is 4.09. The first kappa shape index (κ1) is 12.0. The Balaban J connectivity index is 1.84. The molecule has 2 N–H and O–H groups in total. The summed E-state index contributed by atoms with van der Waals surface area (Å²) in [5.74, 6) is 0.316. The molecule has 1 fully saturated rings. The highest BCUT2D eigenvalue weighted by Gasteiger charge is 2.22. The smallest absolute Gasteiger partial charge is 0.270 e. The van der Waals surface area contributed by atoms with Gasteiger partial charge < -0.3 is 10.4 Å². The lowest BCUT2D eigenvalue weighted by atomic mass is 9.86. The van der Waals surface area contributed by atoms with Gasteiger partial charge in [0.15, 0.2) is 0 Å². The summed E-state index contributed by atoms with van der Waals surface area (Å²) >= 11 is 0. The van der Waals surface area contributed by atoms with Gasteiger partial charge >= 0.3 is 0 Å². The molecule has 0 spiro atoms.